The molecule has 1 amide bonds. The van der Waals surface area contributed by atoms with Crippen molar-refractivity contribution < 1.29 is 23.4 Å². The zero-order valence-corrected chi connectivity index (χ0v) is 16.2. The lowest BCUT2D eigenvalue weighted by molar-refractivity contribution is -0.0852. The molecule has 0 aliphatic carbocycles. The van der Waals surface area contributed by atoms with E-state index in [2.05, 4.69) is 0 Å². The number of amides is 1. The Kier molecular flexibility index (Phi) is 5.54. The van der Waals surface area contributed by atoms with Gasteiger partial charge in [-0.05, 0) is 49.8 Å². The van der Waals surface area contributed by atoms with Crippen molar-refractivity contribution >= 4 is 6.09 Å². The Balaban J connectivity index is 1.46. The highest BCUT2D eigenvalue weighted by molar-refractivity contribution is 5.69. The van der Waals surface area contributed by atoms with Crippen molar-refractivity contribution in [2.24, 2.45) is 0 Å². The van der Waals surface area contributed by atoms with Crippen LogP contribution in [0.5, 0.6) is 0 Å². The summed E-state index contributed by atoms with van der Waals surface area (Å²) in [7, 11) is 0. The fraction of sp³-hybridized carbons (Fsp3) is 0.435. The third-order valence-corrected chi connectivity index (χ3v) is 6.08. The molecule has 2 heterocycles. The van der Waals surface area contributed by atoms with Crippen molar-refractivity contribution in [2.45, 2.75) is 62.8 Å². The van der Waals surface area contributed by atoms with Crippen LogP contribution in [0.3, 0.4) is 0 Å². The van der Waals surface area contributed by atoms with Gasteiger partial charge in [0.05, 0.1) is 5.60 Å². The zero-order chi connectivity index (χ0) is 20.4. The second kappa shape index (κ2) is 8.11. The van der Waals surface area contributed by atoms with Crippen molar-refractivity contribution in [1.29, 1.82) is 0 Å². The molecule has 0 saturated carbocycles. The summed E-state index contributed by atoms with van der Waals surface area (Å²) in [5.74, 6) is -1.29. The van der Waals surface area contributed by atoms with E-state index in [9.17, 15) is 18.7 Å². The predicted molar refractivity (Wildman–Crippen MR) is 104 cm³/mol. The van der Waals surface area contributed by atoms with Gasteiger partial charge < -0.3 is 14.7 Å². The maximum absolute atomic E-state index is 14.1. The Morgan fingerprint density at radius 1 is 1.03 bits per heavy atom. The fourth-order valence-electron chi connectivity index (χ4n) is 4.79. The quantitative estimate of drug-likeness (QED) is 0.815. The second-order valence-corrected chi connectivity index (χ2v) is 8.20. The number of carbonyl (C=O) groups is 1. The van der Waals surface area contributed by atoms with Crippen LogP contribution in [0.15, 0.2) is 48.5 Å². The van der Waals surface area contributed by atoms with Gasteiger partial charge in [-0.15, -0.1) is 0 Å². The first-order chi connectivity index (χ1) is 14.0. The lowest BCUT2D eigenvalue weighted by Crippen LogP contribution is -2.60. The van der Waals surface area contributed by atoms with Gasteiger partial charge in [0, 0.05) is 24.1 Å². The van der Waals surface area contributed by atoms with E-state index >= 15 is 0 Å². The van der Waals surface area contributed by atoms with Crippen LogP contribution < -0.4 is 0 Å². The maximum atomic E-state index is 14.1. The highest BCUT2D eigenvalue weighted by Crippen LogP contribution is 2.41. The van der Waals surface area contributed by atoms with Gasteiger partial charge in [0.2, 0.25) is 0 Å². The first-order valence-corrected chi connectivity index (χ1v) is 10.1. The van der Waals surface area contributed by atoms with E-state index in [-0.39, 0.29) is 49.6 Å². The SMILES string of the molecule is O=C(OCc1ccccc1)N1C2CCCC1CC(O)(Cc1c(F)cccc1F)C2. The molecule has 2 unspecified atom stereocenters. The van der Waals surface area contributed by atoms with Gasteiger partial charge in [0.15, 0.2) is 0 Å². The number of nitrogens with zero attached hydrogens (tertiary/aromatic N) is 1. The molecule has 4 rings (SSSR count). The number of hydrogen-bond acceptors (Lipinski definition) is 3. The minimum Gasteiger partial charge on any atom is -0.445 e. The van der Waals surface area contributed by atoms with Crippen molar-refractivity contribution in [3.8, 4) is 0 Å². The first kappa shape index (κ1) is 19.8. The van der Waals surface area contributed by atoms with E-state index in [0.717, 1.165) is 24.8 Å². The Morgan fingerprint density at radius 2 is 1.66 bits per heavy atom. The minimum atomic E-state index is -1.24. The van der Waals surface area contributed by atoms with Crippen LogP contribution in [0, 0.1) is 11.6 Å². The number of rotatable bonds is 4. The summed E-state index contributed by atoms with van der Waals surface area (Å²) < 4.78 is 33.7. The van der Waals surface area contributed by atoms with Crippen molar-refractivity contribution in [1.82, 2.24) is 4.90 Å². The molecule has 154 valence electrons. The summed E-state index contributed by atoms with van der Waals surface area (Å²) in [5.41, 5.74) is -0.419. The predicted octanol–water partition coefficient (Wildman–Crippen LogP) is 4.59. The Hall–Kier alpha value is -2.47. The molecule has 2 bridgehead atoms. The summed E-state index contributed by atoms with van der Waals surface area (Å²) in [6.45, 7) is 0.195. The number of ether oxygens (including phenoxy) is 1. The number of aliphatic hydroxyl groups is 1. The Morgan fingerprint density at radius 3 is 2.28 bits per heavy atom. The molecule has 2 fully saturated rings. The van der Waals surface area contributed by atoms with E-state index in [1.54, 1.807) is 4.90 Å². The van der Waals surface area contributed by atoms with Crippen LogP contribution in [0.1, 0.15) is 43.2 Å². The van der Waals surface area contributed by atoms with Gasteiger partial charge in [-0.3, -0.25) is 0 Å². The molecule has 2 aliphatic heterocycles. The van der Waals surface area contributed by atoms with Gasteiger partial charge in [-0.2, -0.15) is 0 Å². The number of fused-ring (bicyclic) bond motifs is 2. The second-order valence-electron chi connectivity index (χ2n) is 8.20. The molecule has 6 heteroatoms. The van der Waals surface area contributed by atoms with Crippen molar-refractivity contribution in [2.75, 3.05) is 0 Å². The van der Waals surface area contributed by atoms with Crippen molar-refractivity contribution in [3.63, 3.8) is 0 Å². The molecule has 2 aromatic carbocycles. The van der Waals surface area contributed by atoms with Gasteiger partial charge in [-0.1, -0.05) is 36.4 Å². The van der Waals surface area contributed by atoms with Crippen molar-refractivity contribution in [3.05, 3.63) is 71.3 Å². The van der Waals surface area contributed by atoms with E-state index < -0.39 is 17.2 Å². The van der Waals surface area contributed by atoms with Gasteiger partial charge in [-0.25, -0.2) is 13.6 Å². The van der Waals surface area contributed by atoms with Crippen LogP contribution in [-0.4, -0.2) is 33.8 Å². The lowest BCUT2D eigenvalue weighted by atomic mass is 9.73. The number of benzene rings is 2. The summed E-state index contributed by atoms with van der Waals surface area (Å²) in [6, 6.07) is 12.8. The van der Waals surface area contributed by atoms with Crippen LogP contribution in [0.4, 0.5) is 13.6 Å². The maximum Gasteiger partial charge on any atom is 0.410 e. The molecule has 0 spiro atoms. The molecular formula is C23H25F2NO3. The molecule has 29 heavy (non-hydrogen) atoms. The van der Waals surface area contributed by atoms with E-state index in [1.165, 1.54) is 18.2 Å². The third-order valence-electron chi connectivity index (χ3n) is 6.08. The number of halogens is 2. The molecule has 2 atom stereocenters. The lowest BCUT2D eigenvalue weighted by Gasteiger charge is -2.51. The standard InChI is InChI=1S/C23H25F2NO3/c24-20-10-5-11-21(25)19(20)14-23(28)12-17-8-4-9-18(13-23)26(17)22(27)29-15-16-6-2-1-3-7-16/h1-3,5-7,10-11,17-18,28H,4,8-9,12-15H2. The molecule has 2 aliphatic rings. The highest BCUT2D eigenvalue weighted by Gasteiger charge is 2.48. The average molecular weight is 401 g/mol. The minimum absolute atomic E-state index is 0.0897. The fourth-order valence-corrected chi connectivity index (χ4v) is 4.79. The van der Waals surface area contributed by atoms with Gasteiger partial charge in [0.1, 0.15) is 18.2 Å². The molecule has 4 nitrogen and oxygen atoms in total. The van der Waals surface area contributed by atoms with E-state index in [4.69, 9.17) is 4.74 Å². The van der Waals surface area contributed by atoms with E-state index in [1.807, 2.05) is 30.3 Å². The smallest absolute Gasteiger partial charge is 0.410 e. The highest BCUT2D eigenvalue weighted by atomic mass is 19.1. The van der Waals surface area contributed by atoms with Crippen LogP contribution in [-0.2, 0) is 17.8 Å². The number of piperidine rings is 2. The topological polar surface area (TPSA) is 49.8 Å². The molecule has 2 saturated heterocycles. The summed E-state index contributed by atoms with van der Waals surface area (Å²) in [4.78, 5) is 14.5. The average Bonchev–Trinajstić information content (AvgIpc) is 2.69. The molecular weight excluding hydrogens is 376 g/mol. The molecule has 0 aromatic heterocycles. The zero-order valence-electron chi connectivity index (χ0n) is 16.2. The summed E-state index contributed by atoms with van der Waals surface area (Å²) in [5, 5.41) is 11.2. The summed E-state index contributed by atoms with van der Waals surface area (Å²) >= 11 is 0. The van der Waals surface area contributed by atoms with Gasteiger partial charge in [0.25, 0.3) is 0 Å². The Labute approximate surface area is 169 Å². The van der Waals surface area contributed by atoms with Gasteiger partial charge >= 0.3 is 6.09 Å². The Bertz CT molecular complexity index is 839. The van der Waals surface area contributed by atoms with Crippen LogP contribution in [0.2, 0.25) is 0 Å². The number of carbonyl (C=O) groups excluding carboxylic acids is 1. The molecule has 0 radical (unpaired) electrons. The largest absolute Gasteiger partial charge is 0.445 e. The van der Waals surface area contributed by atoms with Crippen LogP contribution >= 0.6 is 0 Å². The first-order valence-electron chi connectivity index (χ1n) is 10.1. The normalized spacial score (nSPS) is 26.2. The monoisotopic (exact) mass is 401 g/mol. The summed E-state index contributed by atoms with van der Waals surface area (Å²) in [6.07, 6.45) is 2.56. The number of hydrogen-bond donors (Lipinski definition) is 1. The van der Waals surface area contributed by atoms with Crippen LogP contribution in [0.25, 0.3) is 0 Å². The molecule has 1 N–H and O–H groups in total. The molecule has 2 aromatic rings. The van der Waals surface area contributed by atoms with E-state index in [0.29, 0.717) is 0 Å². The third kappa shape index (κ3) is 4.27.